The van der Waals surface area contributed by atoms with E-state index in [4.69, 9.17) is 10.5 Å². The van der Waals surface area contributed by atoms with Crippen LogP contribution in [0.1, 0.15) is 16.1 Å². The summed E-state index contributed by atoms with van der Waals surface area (Å²) < 4.78 is 6.51. The van der Waals surface area contributed by atoms with E-state index < -0.39 is 5.97 Å². The monoisotopic (exact) mass is 260 g/mol. The molecule has 19 heavy (non-hydrogen) atoms. The average molecular weight is 260 g/mol. The Balaban J connectivity index is 2.20. The van der Waals surface area contributed by atoms with Gasteiger partial charge in [0.05, 0.1) is 24.9 Å². The van der Waals surface area contributed by atoms with Crippen LogP contribution in [0.15, 0.2) is 30.5 Å². The van der Waals surface area contributed by atoms with Gasteiger partial charge in [0.15, 0.2) is 0 Å². The second kappa shape index (κ2) is 5.43. The Hall–Kier alpha value is -2.50. The van der Waals surface area contributed by atoms with Crippen LogP contribution in [0.2, 0.25) is 0 Å². The van der Waals surface area contributed by atoms with Gasteiger partial charge in [0, 0.05) is 24.6 Å². The van der Waals surface area contributed by atoms with Crippen LogP contribution in [0.4, 0.5) is 11.4 Å². The predicted molar refractivity (Wildman–Crippen MR) is 72.7 cm³/mol. The minimum Gasteiger partial charge on any atom is -0.465 e. The minimum absolute atomic E-state index is 0.417. The molecule has 0 aliphatic carbocycles. The number of methoxy groups -OCH3 is 1. The molecule has 100 valence electrons. The van der Waals surface area contributed by atoms with Gasteiger partial charge in [-0.3, -0.25) is 4.68 Å². The number of nitrogens with two attached hydrogens (primary N) is 1. The molecule has 0 unspecified atom stereocenters. The average Bonchev–Trinajstić information content (AvgIpc) is 2.82. The summed E-state index contributed by atoms with van der Waals surface area (Å²) in [7, 11) is 3.21. The third kappa shape index (κ3) is 2.85. The van der Waals surface area contributed by atoms with Crippen LogP contribution in [0, 0.1) is 0 Å². The van der Waals surface area contributed by atoms with E-state index in [9.17, 15) is 4.79 Å². The topological polar surface area (TPSA) is 82.2 Å². The molecular weight excluding hydrogens is 244 g/mol. The van der Waals surface area contributed by atoms with E-state index in [1.54, 1.807) is 29.1 Å². The molecule has 3 N–H and O–H groups in total. The summed E-state index contributed by atoms with van der Waals surface area (Å²) in [6, 6.07) is 7.00. The molecule has 6 heteroatoms. The largest absolute Gasteiger partial charge is 0.465 e. The summed E-state index contributed by atoms with van der Waals surface area (Å²) in [5.41, 5.74) is 8.32. The Bertz CT molecular complexity index is 592. The lowest BCUT2D eigenvalue weighted by molar-refractivity contribution is 0.0602. The molecule has 0 aliphatic heterocycles. The fourth-order valence-electron chi connectivity index (χ4n) is 1.76. The van der Waals surface area contributed by atoms with E-state index in [2.05, 4.69) is 10.4 Å². The number of hydrogen-bond acceptors (Lipinski definition) is 5. The molecule has 1 aromatic heterocycles. The fraction of sp³-hybridized carbons (Fsp3) is 0.231. The summed E-state index contributed by atoms with van der Waals surface area (Å²) in [6.45, 7) is 0.560. The van der Waals surface area contributed by atoms with E-state index in [1.165, 1.54) is 7.11 Å². The van der Waals surface area contributed by atoms with Crippen LogP contribution in [0.5, 0.6) is 0 Å². The molecule has 1 heterocycles. The van der Waals surface area contributed by atoms with E-state index in [-0.39, 0.29) is 0 Å². The summed E-state index contributed by atoms with van der Waals surface area (Å²) in [5, 5.41) is 7.26. The molecule has 2 aromatic rings. The number of hydrogen-bond donors (Lipinski definition) is 2. The third-order valence-electron chi connectivity index (χ3n) is 2.83. The van der Waals surface area contributed by atoms with Crippen LogP contribution >= 0.6 is 0 Å². The second-order valence-corrected chi connectivity index (χ2v) is 4.10. The lowest BCUT2D eigenvalue weighted by Gasteiger charge is -2.11. The zero-order valence-corrected chi connectivity index (χ0v) is 10.9. The molecule has 0 radical (unpaired) electrons. The number of anilines is 2. The first kappa shape index (κ1) is 12.9. The summed E-state index contributed by atoms with van der Waals surface area (Å²) >= 11 is 0. The van der Waals surface area contributed by atoms with Gasteiger partial charge < -0.3 is 15.8 Å². The lowest BCUT2D eigenvalue weighted by atomic mass is 10.1. The van der Waals surface area contributed by atoms with Crippen LogP contribution in [-0.4, -0.2) is 22.9 Å². The van der Waals surface area contributed by atoms with Crippen LogP contribution in [0.3, 0.4) is 0 Å². The predicted octanol–water partition coefficient (Wildman–Crippen LogP) is 1.40. The van der Waals surface area contributed by atoms with Crippen molar-refractivity contribution in [3.05, 3.63) is 41.7 Å². The van der Waals surface area contributed by atoms with Crippen molar-refractivity contribution in [3.8, 4) is 0 Å². The number of carbonyl (C=O) groups excluding carboxylic acids is 1. The first-order valence-electron chi connectivity index (χ1n) is 5.80. The van der Waals surface area contributed by atoms with Crippen LogP contribution < -0.4 is 11.1 Å². The Labute approximate surface area is 111 Å². The number of carbonyl (C=O) groups is 1. The molecule has 1 aromatic carbocycles. The normalized spacial score (nSPS) is 10.2. The number of ether oxygens (including phenoxy) is 1. The maximum absolute atomic E-state index is 11.7. The van der Waals surface area contributed by atoms with Crippen molar-refractivity contribution in [1.29, 1.82) is 0 Å². The molecule has 0 atom stereocenters. The number of esters is 1. The maximum atomic E-state index is 11.7. The zero-order chi connectivity index (χ0) is 13.8. The quantitative estimate of drug-likeness (QED) is 0.641. The molecule has 0 saturated heterocycles. The highest BCUT2D eigenvalue weighted by atomic mass is 16.5. The second-order valence-electron chi connectivity index (χ2n) is 4.10. The Morgan fingerprint density at radius 3 is 2.89 bits per heavy atom. The summed E-state index contributed by atoms with van der Waals surface area (Å²) in [6.07, 6.45) is 1.72. The van der Waals surface area contributed by atoms with Crippen molar-refractivity contribution in [2.24, 2.45) is 7.05 Å². The standard InChI is InChI=1S/C13H16N4O2/c1-17-10(5-6-16-17)8-15-12-4-3-9(14)7-11(12)13(18)19-2/h3-7,15H,8,14H2,1-2H3. The van der Waals surface area contributed by atoms with Crippen molar-refractivity contribution in [3.63, 3.8) is 0 Å². The Morgan fingerprint density at radius 1 is 1.47 bits per heavy atom. The van der Waals surface area contributed by atoms with E-state index in [0.717, 1.165) is 5.69 Å². The number of aromatic nitrogens is 2. The molecule has 0 saturated carbocycles. The van der Waals surface area contributed by atoms with Crippen molar-refractivity contribution >= 4 is 17.3 Å². The van der Waals surface area contributed by atoms with Gasteiger partial charge in [-0.25, -0.2) is 4.79 Å². The highest BCUT2D eigenvalue weighted by Crippen LogP contribution is 2.20. The molecule has 0 spiro atoms. The van der Waals surface area contributed by atoms with Gasteiger partial charge in [-0.05, 0) is 24.3 Å². The van der Waals surface area contributed by atoms with Crippen molar-refractivity contribution in [1.82, 2.24) is 9.78 Å². The molecule has 0 fully saturated rings. The highest BCUT2D eigenvalue weighted by Gasteiger charge is 2.12. The van der Waals surface area contributed by atoms with Crippen molar-refractivity contribution < 1.29 is 9.53 Å². The van der Waals surface area contributed by atoms with Crippen molar-refractivity contribution in [2.75, 3.05) is 18.2 Å². The highest BCUT2D eigenvalue weighted by molar-refractivity contribution is 5.96. The van der Waals surface area contributed by atoms with Crippen LogP contribution in [-0.2, 0) is 18.3 Å². The van der Waals surface area contributed by atoms with Gasteiger partial charge >= 0.3 is 5.97 Å². The first-order valence-corrected chi connectivity index (χ1v) is 5.80. The van der Waals surface area contributed by atoms with Gasteiger partial charge in [-0.2, -0.15) is 5.10 Å². The number of benzene rings is 1. The first-order chi connectivity index (χ1) is 9.11. The number of nitrogens with zero attached hydrogens (tertiary/aromatic N) is 2. The van der Waals surface area contributed by atoms with Crippen LogP contribution in [0.25, 0.3) is 0 Å². The van der Waals surface area contributed by atoms with Gasteiger partial charge in [0.25, 0.3) is 0 Å². The number of rotatable bonds is 4. The van der Waals surface area contributed by atoms with Gasteiger partial charge in [-0.1, -0.05) is 0 Å². The van der Waals surface area contributed by atoms with E-state index in [1.807, 2.05) is 13.1 Å². The van der Waals surface area contributed by atoms with Crippen molar-refractivity contribution in [2.45, 2.75) is 6.54 Å². The Kier molecular flexibility index (Phi) is 3.70. The Morgan fingerprint density at radius 2 is 2.26 bits per heavy atom. The molecule has 0 amide bonds. The van der Waals surface area contributed by atoms with Gasteiger partial charge in [-0.15, -0.1) is 0 Å². The minimum atomic E-state index is -0.417. The van der Waals surface area contributed by atoms with Gasteiger partial charge in [0.1, 0.15) is 0 Å². The smallest absolute Gasteiger partial charge is 0.340 e. The molecule has 0 bridgehead atoms. The van der Waals surface area contributed by atoms with E-state index in [0.29, 0.717) is 23.5 Å². The summed E-state index contributed by atoms with van der Waals surface area (Å²) in [4.78, 5) is 11.7. The SMILES string of the molecule is COC(=O)c1cc(N)ccc1NCc1ccnn1C. The maximum Gasteiger partial charge on any atom is 0.340 e. The third-order valence-corrected chi connectivity index (χ3v) is 2.83. The lowest BCUT2D eigenvalue weighted by Crippen LogP contribution is -2.10. The van der Waals surface area contributed by atoms with Gasteiger partial charge in [0.2, 0.25) is 0 Å². The zero-order valence-electron chi connectivity index (χ0n) is 10.9. The number of aryl methyl sites for hydroxylation is 1. The van der Waals surface area contributed by atoms with E-state index >= 15 is 0 Å². The molecule has 6 nitrogen and oxygen atoms in total. The molecule has 2 rings (SSSR count). The summed E-state index contributed by atoms with van der Waals surface area (Å²) in [5.74, 6) is -0.417. The number of nitrogen functional groups attached to an aromatic ring is 1. The molecule has 0 aliphatic rings. The molecular formula is C13H16N4O2. The fourth-order valence-corrected chi connectivity index (χ4v) is 1.76. The number of nitrogens with one attached hydrogen (secondary N) is 1.